The third-order valence-corrected chi connectivity index (χ3v) is 11.1. The largest absolute Gasteiger partial charge is 0.378 e. The van der Waals surface area contributed by atoms with Crippen molar-refractivity contribution in [2.24, 2.45) is 5.92 Å². The molecule has 3 fully saturated rings. The number of likely N-dealkylation sites (tertiary alicyclic amines) is 1. The Kier molecular flexibility index (Phi) is 11.5. The number of aromatic nitrogens is 1. The summed E-state index contributed by atoms with van der Waals surface area (Å²) in [4.78, 5) is 48.7. The number of ether oxygens (including phenoxy) is 1. The minimum absolute atomic E-state index is 0.0464. The number of nitrogens with one attached hydrogen (secondary N) is 3. The summed E-state index contributed by atoms with van der Waals surface area (Å²) in [5, 5.41) is 8.73. The third-order valence-electron chi connectivity index (χ3n) is 11.1. The number of hydrogen-bond acceptors (Lipinski definition) is 8. The van der Waals surface area contributed by atoms with Crippen molar-refractivity contribution in [2.45, 2.75) is 63.7 Å². The number of benzene rings is 3. The van der Waals surface area contributed by atoms with Crippen LogP contribution in [-0.4, -0.2) is 80.1 Å². The Balaban J connectivity index is 1.12. The lowest BCUT2D eigenvalue weighted by atomic mass is 10.0. The highest BCUT2D eigenvalue weighted by Gasteiger charge is 2.36. The summed E-state index contributed by atoms with van der Waals surface area (Å²) < 4.78 is 5.50. The molecule has 3 aromatic carbocycles. The monoisotopic (exact) mass is 729 g/mol. The van der Waals surface area contributed by atoms with Crippen molar-refractivity contribution in [1.29, 1.82) is 0 Å². The van der Waals surface area contributed by atoms with Gasteiger partial charge >= 0.3 is 0 Å². The van der Waals surface area contributed by atoms with E-state index in [1.807, 2.05) is 51.4 Å². The van der Waals surface area contributed by atoms with Crippen LogP contribution in [0.2, 0.25) is 0 Å². The van der Waals surface area contributed by atoms with Crippen LogP contribution in [0.1, 0.15) is 62.7 Å². The van der Waals surface area contributed by atoms with Gasteiger partial charge in [-0.25, -0.2) is 4.98 Å². The molecule has 0 spiro atoms. The zero-order chi connectivity index (χ0) is 37.6. The van der Waals surface area contributed by atoms with Crippen molar-refractivity contribution >= 4 is 41.1 Å². The minimum Gasteiger partial charge on any atom is -0.378 e. The Labute approximate surface area is 318 Å². The number of nitrogens with zero attached hydrogens (tertiary/aromatic N) is 4. The Bertz CT molecular complexity index is 1880. The van der Waals surface area contributed by atoms with E-state index in [1.54, 1.807) is 0 Å². The molecule has 4 aromatic rings. The van der Waals surface area contributed by atoms with E-state index < -0.39 is 6.04 Å². The molecule has 3 saturated heterocycles. The highest BCUT2D eigenvalue weighted by Crippen LogP contribution is 2.47. The van der Waals surface area contributed by atoms with E-state index in [2.05, 4.69) is 91.3 Å². The smallest absolute Gasteiger partial charge is 0.247 e. The molecule has 3 N–H and O–H groups in total. The molecule has 0 bridgehead atoms. The fraction of sp³-hybridized carbons (Fsp3) is 0.395. The van der Waals surface area contributed by atoms with Gasteiger partial charge in [0.2, 0.25) is 18.2 Å². The lowest BCUT2D eigenvalue weighted by Gasteiger charge is -2.33. The maximum atomic E-state index is 13.0. The van der Waals surface area contributed by atoms with Gasteiger partial charge in [-0.1, -0.05) is 50.2 Å². The van der Waals surface area contributed by atoms with Crippen molar-refractivity contribution in [3.05, 3.63) is 102 Å². The summed E-state index contributed by atoms with van der Waals surface area (Å²) in [7, 11) is 2.01. The van der Waals surface area contributed by atoms with Gasteiger partial charge in [0.15, 0.2) is 0 Å². The number of likely N-dealkylation sites (N-methyl/N-ethyl adjacent to an activating group) is 1. The van der Waals surface area contributed by atoms with Gasteiger partial charge in [-0.3, -0.25) is 19.3 Å². The van der Waals surface area contributed by atoms with Crippen LogP contribution in [0.5, 0.6) is 0 Å². The molecule has 3 aliphatic rings. The van der Waals surface area contributed by atoms with E-state index in [9.17, 15) is 14.4 Å². The molecule has 282 valence electrons. The van der Waals surface area contributed by atoms with E-state index in [-0.39, 0.29) is 35.9 Å². The third kappa shape index (κ3) is 8.27. The first-order valence-corrected chi connectivity index (χ1v) is 19.2. The first-order valence-electron chi connectivity index (χ1n) is 19.2. The summed E-state index contributed by atoms with van der Waals surface area (Å²) in [6.07, 6.45) is 6.34. The maximum Gasteiger partial charge on any atom is 0.247 e. The Hall–Kier alpha value is -5.26. The first-order chi connectivity index (χ1) is 26.3. The number of morpholine rings is 1. The lowest BCUT2D eigenvalue weighted by molar-refractivity contribution is -0.122. The lowest BCUT2D eigenvalue weighted by Crippen LogP contribution is -2.43. The zero-order valence-corrected chi connectivity index (χ0v) is 31.4. The quantitative estimate of drug-likeness (QED) is 0.143. The van der Waals surface area contributed by atoms with E-state index in [0.717, 1.165) is 92.4 Å². The maximum absolute atomic E-state index is 13.0. The Morgan fingerprint density at radius 1 is 0.778 bits per heavy atom. The van der Waals surface area contributed by atoms with Gasteiger partial charge in [-0.2, -0.15) is 0 Å². The van der Waals surface area contributed by atoms with Gasteiger partial charge in [0.05, 0.1) is 31.3 Å². The number of hydrogen-bond donors (Lipinski definition) is 3. The van der Waals surface area contributed by atoms with Crippen molar-refractivity contribution in [2.75, 3.05) is 60.3 Å². The molecule has 4 heterocycles. The number of anilines is 4. The van der Waals surface area contributed by atoms with Crippen LogP contribution >= 0.6 is 0 Å². The van der Waals surface area contributed by atoms with Gasteiger partial charge in [-0.05, 0) is 110 Å². The highest BCUT2D eigenvalue weighted by molar-refractivity contribution is 5.96. The molecular weight excluding hydrogens is 679 g/mol. The van der Waals surface area contributed by atoms with Crippen LogP contribution in [0.15, 0.2) is 91.1 Å². The van der Waals surface area contributed by atoms with Crippen LogP contribution in [0.25, 0.3) is 11.1 Å². The summed E-state index contributed by atoms with van der Waals surface area (Å²) in [6, 6.07) is 28.8. The van der Waals surface area contributed by atoms with Gasteiger partial charge in [-0.15, -0.1) is 0 Å². The predicted molar refractivity (Wildman–Crippen MR) is 214 cm³/mol. The fourth-order valence-corrected chi connectivity index (χ4v) is 8.10. The zero-order valence-electron chi connectivity index (χ0n) is 31.4. The molecule has 3 aliphatic heterocycles. The van der Waals surface area contributed by atoms with Crippen LogP contribution < -0.4 is 25.8 Å². The molecular formula is C43H51N7O4. The number of carbonyl (C=O) groups is 3. The van der Waals surface area contributed by atoms with Crippen molar-refractivity contribution in [3.8, 4) is 11.1 Å². The summed E-state index contributed by atoms with van der Waals surface area (Å²) >= 11 is 0. The molecule has 11 nitrogen and oxygen atoms in total. The molecule has 1 aromatic heterocycles. The molecule has 7 rings (SSSR count). The molecule has 0 radical (unpaired) electrons. The van der Waals surface area contributed by atoms with Crippen LogP contribution in [0, 0.1) is 5.92 Å². The van der Waals surface area contributed by atoms with Crippen molar-refractivity contribution in [3.63, 3.8) is 0 Å². The molecule has 3 amide bonds. The topological polar surface area (TPSA) is 119 Å². The second-order valence-electron chi connectivity index (χ2n) is 14.9. The van der Waals surface area contributed by atoms with E-state index in [1.165, 1.54) is 5.56 Å². The molecule has 0 aliphatic carbocycles. The number of rotatable bonds is 12. The second kappa shape index (κ2) is 16.8. The van der Waals surface area contributed by atoms with Crippen molar-refractivity contribution in [1.82, 2.24) is 15.2 Å². The Morgan fingerprint density at radius 2 is 1.39 bits per heavy atom. The molecule has 54 heavy (non-hydrogen) atoms. The average Bonchev–Trinajstić information content (AvgIpc) is 3.85. The van der Waals surface area contributed by atoms with Crippen LogP contribution in [0.3, 0.4) is 0 Å². The summed E-state index contributed by atoms with van der Waals surface area (Å²) in [5.41, 5.74) is 7.11. The molecule has 4 unspecified atom stereocenters. The van der Waals surface area contributed by atoms with Gasteiger partial charge in [0.25, 0.3) is 0 Å². The molecule has 4 atom stereocenters. The van der Waals surface area contributed by atoms with E-state index in [4.69, 9.17) is 9.72 Å². The highest BCUT2D eigenvalue weighted by atomic mass is 16.5. The standard InChI is InChI=1S/C43H51N7O4/c1-29(2)41(45-28-51)43(53)47-35-15-8-32(9-16-35)38-20-19-37(31-6-13-34(14-7-31)46-42(52)39-5-4-22-48(39)3)50(38)36-17-10-30(11-18-36)33-12-21-40(44-27-33)49-23-25-54-26-24-49/h6-18,21,27-29,37-39,41H,4-5,19-20,22-26H2,1-3H3,(H,45,51)(H,46,52)(H,47,53). The first kappa shape index (κ1) is 37.1. The summed E-state index contributed by atoms with van der Waals surface area (Å²) in [5.74, 6) is 0.736. The van der Waals surface area contributed by atoms with Gasteiger partial charge in [0.1, 0.15) is 11.9 Å². The fourth-order valence-electron chi connectivity index (χ4n) is 8.10. The average molecular weight is 730 g/mol. The van der Waals surface area contributed by atoms with E-state index in [0.29, 0.717) is 12.1 Å². The molecule has 0 saturated carbocycles. The number of carbonyl (C=O) groups excluding carboxylic acids is 3. The van der Waals surface area contributed by atoms with E-state index >= 15 is 0 Å². The number of amides is 3. The van der Waals surface area contributed by atoms with Crippen molar-refractivity contribution < 1.29 is 19.1 Å². The van der Waals surface area contributed by atoms with Gasteiger partial charge < -0.3 is 30.5 Å². The van der Waals surface area contributed by atoms with Crippen LogP contribution in [-0.2, 0) is 19.1 Å². The Morgan fingerprint density at radius 3 is 1.93 bits per heavy atom. The SMILES string of the molecule is CC(C)C(NC=O)C(=O)Nc1ccc(C2CCC(c3ccc(NC(=O)C4CCCN4C)cc3)N2c2ccc(-c3ccc(N4CCOCC4)nc3)cc2)cc1. The minimum atomic E-state index is -0.613. The van der Waals surface area contributed by atoms with Gasteiger partial charge in [0, 0.05) is 41.9 Å². The second-order valence-corrected chi connectivity index (χ2v) is 14.9. The summed E-state index contributed by atoms with van der Waals surface area (Å²) in [6.45, 7) is 7.90. The van der Waals surface area contributed by atoms with Crippen LogP contribution in [0.4, 0.5) is 22.9 Å². The predicted octanol–water partition coefficient (Wildman–Crippen LogP) is 6.41. The molecule has 11 heteroatoms. The normalized spacial score (nSPS) is 20.9. The number of pyridine rings is 1.